The topological polar surface area (TPSA) is 61.8 Å². The molecule has 0 heterocycles. The van der Waals surface area contributed by atoms with E-state index in [1.807, 2.05) is 0 Å². The molecule has 396 valence electrons. The van der Waals surface area contributed by atoms with Crippen LogP contribution in [0.15, 0.2) is 60.8 Å². The first-order chi connectivity index (χ1) is 33.6. The second-order valence-corrected chi connectivity index (χ2v) is 19.9. The lowest BCUT2D eigenvalue weighted by molar-refractivity contribution is -0.163. The lowest BCUT2D eigenvalue weighted by Crippen LogP contribution is -2.30. The molecule has 0 aliphatic rings. The van der Waals surface area contributed by atoms with E-state index in [4.69, 9.17) is 14.2 Å². The first-order valence-electron chi connectivity index (χ1n) is 29.8. The van der Waals surface area contributed by atoms with Crippen molar-refractivity contribution in [2.75, 3.05) is 19.8 Å². The van der Waals surface area contributed by atoms with Crippen molar-refractivity contribution in [3.05, 3.63) is 60.8 Å². The Kier molecular flexibility index (Phi) is 56.8. The van der Waals surface area contributed by atoms with E-state index in [1.165, 1.54) is 199 Å². The van der Waals surface area contributed by atoms with E-state index in [1.54, 1.807) is 0 Å². The summed E-state index contributed by atoms with van der Waals surface area (Å²) < 4.78 is 17.5. The van der Waals surface area contributed by atoms with Crippen molar-refractivity contribution in [3.8, 4) is 0 Å². The molecule has 5 heteroatoms. The molecule has 0 saturated heterocycles. The zero-order chi connectivity index (χ0) is 49.2. The van der Waals surface area contributed by atoms with Crippen LogP contribution in [0.5, 0.6) is 0 Å². The highest BCUT2D eigenvalue weighted by Crippen LogP contribution is 2.16. The fourth-order valence-corrected chi connectivity index (χ4v) is 8.62. The van der Waals surface area contributed by atoms with E-state index in [-0.39, 0.29) is 25.2 Å². The van der Waals surface area contributed by atoms with Gasteiger partial charge >= 0.3 is 11.9 Å². The zero-order valence-electron chi connectivity index (χ0n) is 45.6. The average Bonchev–Trinajstić information content (AvgIpc) is 3.34. The molecule has 0 aromatic carbocycles. The Hall–Kier alpha value is -2.40. The summed E-state index contributed by atoms with van der Waals surface area (Å²) in [7, 11) is 0. The second-order valence-electron chi connectivity index (χ2n) is 19.9. The second kappa shape index (κ2) is 58.9. The van der Waals surface area contributed by atoms with Crippen molar-refractivity contribution >= 4 is 11.9 Å². The largest absolute Gasteiger partial charge is 0.462 e. The highest BCUT2D eigenvalue weighted by Gasteiger charge is 2.17. The molecule has 0 aliphatic heterocycles. The predicted molar refractivity (Wildman–Crippen MR) is 298 cm³/mol. The van der Waals surface area contributed by atoms with Crippen LogP contribution in [0.25, 0.3) is 0 Å². The van der Waals surface area contributed by atoms with Gasteiger partial charge in [-0.1, -0.05) is 268 Å². The number of hydrogen-bond donors (Lipinski definition) is 0. The van der Waals surface area contributed by atoms with Crippen LogP contribution in [0.3, 0.4) is 0 Å². The third-order valence-electron chi connectivity index (χ3n) is 13.0. The Morgan fingerprint density at radius 1 is 0.338 bits per heavy atom. The molecule has 0 rings (SSSR count). The van der Waals surface area contributed by atoms with Crippen molar-refractivity contribution < 1.29 is 23.8 Å². The summed E-state index contributed by atoms with van der Waals surface area (Å²) in [5, 5.41) is 0. The maximum Gasteiger partial charge on any atom is 0.306 e. The maximum atomic E-state index is 12.9. The number of ether oxygens (including phenoxy) is 3. The van der Waals surface area contributed by atoms with Gasteiger partial charge in [0, 0.05) is 19.4 Å². The van der Waals surface area contributed by atoms with Gasteiger partial charge < -0.3 is 14.2 Å². The van der Waals surface area contributed by atoms with Gasteiger partial charge in [-0.05, 0) is 83.5 Å². The molecular formula is C63H114O5. The van der Waals surface area contributed by atoms with Gasteiger partial charge in [0.2, 0.25) is 0 Å². The average molecular weight is 952 g/mol. The molecule has 0 aromatic heterocycles. The third-order valence-corrected chi connectivity index (χ3v) is 13.0. The van der Waals surface area contributed by atoms with Gasteiger partial charge in [-0.2, -0.15) is 0 Å². The maximum absolute atomic E-state index is 12.9. The number of unbranched alkanes of at least 4 members (excludes halogenated alkanes) is 34. The Bertz CT molecular complexity index is 1170. The van der Waals surface area contributed by atoms with Gasteiger partial charge in [0.05, 0.1) is 6.61 Å². The molecule has 0 amide bonds. The molecule has 1 atom stereocenters. The van der Waals surface area contributed by atoms with Crippen molar-refractivity contribution in [2.24, 2.45) is 0 Å². The number of esters is 2. The summed E-state index contributed by atoms with van der Waals surface area (Å²) in [5.41, 5.74) is 0. The molecule has 0 radical (unpaired) electrons. The molecular weight excluding hydrogens is 837 g/mol. The van der Waals surface area contributed by atoms with Crippen molar-refractivity contribution in [1.29, 1.82) is 0 Å². The number of allylic oxidation sites excluding steroid dienone is 10. The summed E-state index contributed by atoms with van der Waals surface area (Å²) in [6, 6.07) is 0. The Labute approximate surface area is 424 Å². The minimum atomic E-state index is -0.543. The lowest BCUT2D eigenvalue weighted by Gasteiger charge is -2.18. The van der Waals surface area contributed by atoms with E-state index in [0.29, 0.717) is 19.4 Å². The minimum absolute atomic E-state index is 0.0804. The fourth-order valence-electron chi connectivity index (χ4n) is 8.62. The summed E-state index contributed by atoms with van der Waals surface area (Å²) in [5.74, 6) is -0.395. The van der Waals surface area contributed by atoms with Crippen molar-refractivity contribution in [2.45, 2.75) is 309 Å². The summed E-state index contributed by atoms with van der Waals surface area (Å²) >= 11 is 0. The first kappa shape index (κ1) is 65.6. The monoisotopic (exact) mass is 951 g/mol. The zero-order valence-corrected chi connectivity index (χ0v) is 45.6. The van der Waals surface area contributed by atoms with Crippen LogP contribution in [0.1, 0.15) is 303 Å². The van der Waals surface area contributed by atoms with Gasteiger partial charge in [-0.25, -0.2) is 0 Å². The molecule has 0 saturated carbocycles. The van der Waals surface area contributed by atoms with Crippen LogP contribution in [0.4, 0.5) is 0 Å². The van der Waals surface area contributed by atoms with Gasteiger partial charge in [-0.15, -0.1) is 0 Å². The standard InChI is InChI=1S/C63H114O5/c1-4-7-10-13-16-19-22-25-28-31-34-37-40-43-46-49-52-55-58-66-59-61(68-63(65)57-54-51-48-45-42-39-36-33-30-27-24-21-18-15-12-9-6-3)60-67-62(64)56-53-50-47-44-41-38-35-32-29-26-23-20-17-14-11-8-5-2/h7,10,16-17,19-20,25-26,28-29,61H,4-6,8-9,11-15,18,21-24,27,30-60H2,1-3H3/b10-7-,19-16-,20-17-,28-25-,29-26-. The quantitative estimate of drug-likeness (QED) is 0.0345. The number of carbonyl (C=O) groups is 2. The number of hydrogen-bond acceptors (Lipinski definition) is 5. The third kappa shape index (κ3) is 56.2. The number of rotatable bonds is 55. The molecule has 68 heavy (non-hydrogen) atoms. The highest BCUT2D eigenvalue weighted by molar-refractivity contribution is 5.70. The van der Waals surface area contributed by atoms with Gasteiger partial charge in [0.1, 0.15) is 6.61 Å². The summed E-state index contributed by atoms with van der Waals surface area (Å²) in [6.07, 6.45) is 75.3. The Morgan fingerprint density at radius 2 is 0.662 bits per heavy atom. The van der Waals surface area contributed by atoms with Gasteiger partial charge in [0.25, 0.3) is 0 Å². The molecule has 0 aliphatic carbocycles. The molecule has 0 N–H and O–H groups in total. The molecule has 1 unspecified atom stereocenters. The van der Waals surface area contributed by atoms with E-state index in [2.05, 4.69) is 81.5 Å². The van der Waals surface area contributed by atoms with Gasteiger partial charge in [-0.3, -0.25) is 9.59 Å². The van der Waals surface area contributed by atoms with E-state index < -0.39 is 6.10 Å². The van der Waals surface area contributed by atoms with Crippen molar-refractivity contribution in [1.82, 2.24) is 0 Å². The molecule has 5 nitrogen and oxygen atoms in total. The van der Waals surface area contributed by atoms with Crippen LogP contribution in [0.2, 0.25) is 0 Å². The van der Waals surface area contributed by atoms with E-state index in [9.17, 15) is 9.59 Å². The number of carbonyl (C=O) groups excluding carboxylic acids is 2. The molecule has 0 bridgehead atoms. The molecule has 0 aromatic rings. The lowest BCUT2D eigenvalue weighted by atomic mass is 10.0. The van der Waals surface area contributed by atoms with Crippen LogP contribution < -0.4 is 0 Å². The minimum Gasteiger partial charge on any atom is -0.462 e. The molecule has 0 fully saturated rings. The van der Waals surface area contributed by atoms with E-state index in [0.717, 1.165) is 70.6 Å². The summed E-state index contributed by atoms with van der Waals surface area (Å²) in [6.45, 7) is 7.72. The van der Waals surface area contributed by atoms with Gasteiger partial charge in [0.15, 0.2) is 6.10 Å². The predicted octanol–water partition coefficient (Wildman–Crippen LogP) is 20.5. The van der Waals surface area contributed by atoms with Crippen molar-refractivity contribution in [3.63, 3.8) is 0 Å². The van der Waals surface area contributed by atoms with Crippen LogP contribution in [-0.4, -0.2) is 37.9 Å². The van der Waals surface area contributed by atoms with Crippen LogP contribution >= 0.6 is 0 Å². The Balaban J connectivity index is 4.27. The summed E-state index contributed by atoms with van der Waals surface area (Å²) in [4.78, 5) is 25.6. The molecule has 0 spiro atoms. The van der Waals surface area contributed by atoms with Crippen LogP contribution in [0, 0.1) is 0 Å². The fraction of sp³-hybridized carbons (Fsp3) is 0.810. The van der Waals surface area contributed by atoms with E-state index >= 15 is 0 Å². The van der Waals surface area contributed by atoms with Crippen LogP contribution in [-0.2, 0) is 23.8 Å². The normalized spacial score (nSPS) is 12.6. The Morgan fingerprint density at radius 3 is 1.09 bits per heavy atom. The highest BCUT2D eigenvalue weighted by atomic mass is 16.6. The SMILES string of the molecule is CC/C=C\C/C=C\C/C=C\CCCCCCCCCCOCC(COC(=O)CCCCCCCCC/C=C\C/C=C\CCCCC)OC(=O)CCCCCCCCCCCCCCCCCCC. The smallest absolute Gasteiger partial charge is 0.306 e. The first-order valence-corrected chi connectivity index (χ1v) is 29.8.